The summed E-state index contributed by atoms with van der Waals surface area (Å²) in [7, 11) is 0. The van der Waals surface area contributed by atoms with Crippen LogP contribution in [0.15, 0.2) is 27.1 Å². The molecule has 1 atom stereocenters. The zero-order valence-electron chi connectivity index (χ0n) is 11.5. The molecule has 0 aliphatic carbocycles. The van der Waals surface area contributed by atoms with E-state index in [-0.39, 0.29) is 18.0 Å². The Morgan fingerprint density at radius 1 is 1.48 bits per heavy atom. The standard InChI is InChI=1S/C14H15BrN4O2/c1-8-4-5-9(10(15)7-8)12(20)17-14-19-18-13(21-14)11-3-2-6-16-11/h4-5,7,11,16H,2-3,6H2,1H3,(H,17,19,20). The zero-order chi connectivity index (χ0) is 14.8. The van der Waals surface area contributed by atoms with Gasteiger partial charge in [-0.2, -0.15) is 0 Å². The van der Waals surface area contributed by atoms with Crippen molar-refractivity contribution in [3.63, 3.8) is 0 Å². The summed E-state index contributed by atoms with van der Waals surface area (Å²) < 4.78 is 6.22. The van der Waals surface area contributed by atoms with Crippen molar-refractivity contribution < 1.29 is 9.21 Å². The Morgan fingerprint density at radius 3 is 3.05 bits per heavy atom. The van der Waals surface area contributed by atoms with Crippen molar-refractivity contribution >= 4 is 27.9 Å². The smallest absolute Gasteiger partial charge is 0.322 e. The van der Waals surface area contributed by atoms with Crippen molar-refractivity contribution in [3.8, 4) is 0 Å². The summed E-state index contributed by atoms with van der Waals surface area (Å²) in [5.74, 6) is 0.238. The quantitative estimate of drug-likeness (QED) is 0.889. The molecule has 0 radical (unpaired) electrons. The lowest BCUT2D eigenvalue weighted by Gasteiger charge is -2.05. The first kappa shape index (κ1) is 14.2. The van der Waals surface area contributed by atoms with Crippen LogP contribution in [0.5, 0.6) is 0 Å². The number of amides is 1. The summed E-state index contributed by atoms with van der Waals surface area (Å²) in [6.07, 6.45) is 2.06. The molecule has 6 nitrogen and oxygen atoms in total. The maximum absolute atomic E-state index is 12.2. The molecule has 2 N–H and O–H groups in total. The second kappa shape index (κ2) is 5.95. The van der Waals surface area contributed by atoms with Gasteiger partial charge in [0.15, 0.2) is 0 Å². The fourth-order valence-electron chi connectivity index (χ4n) is 2.29. The lowest BCUT2D eigenvalue weighted by molar-refractivity contribution is 0.102. The lowest BCUT2D eigenvalue weighted by atomic mass is 10.1. The normalized spacial score (nSPS) is 17.9. The average molecular weight is 351 g/mol. The van der Waals surface area contributed by atoms with E-state index in [4.69, 9.17) is 4.42 Å². The highest BCUT2D eigenvalue weighted by Gasteiger charge is 2.23. The third-order valence-corrected chi connectivity index (χ3v) is 4.04. The highest BCUT2D eigenvalue weighted by Crippen LogP contribution is 2.24. The second-order valence-corrected chi connectivity index (χ2v) is 5.89. The molecular formula is C14H15BrN4O2. The number of halogens is 1. The first-order valence-corrected chi connectivity index (χ1v) is 7.57. The third-order valence-electron chi connectivity index (χ3n) is 3.39. The van der Waals surface area contributed by atoms with Crippen LogP contribution < -0.4 is 10.6 Å². The van der Waals surface area contributed by atoms with Gasteiger partial charge in [0, 0.05) is 4.47 Å². The highest BCUT2D eigenvalue weighted by atomic mass is 79.9. The van der Waals surface area contributed by atoms with E-state index in [0.717, 1.165) is 29.4 Å². The number of rotatable bonds is 3. The van der Waals surface area contributed by atoms with Gasteiger partial charge in [-0.05, 0) is 59.9 Å². The van der Waals surface area contributed by atoms with Gasteiger partial charge in [-0.3, -0.25) is 10.1 Å². The lowest BCUT2D eigenvalue weighted by Crippen LogP contribution is -2.13. The van der Waals surface area contributed by atoms with Crippen LogP contribution in [0.3, 0.4) is 0 Å². The minimum Gasteiger partial charge on any atom is -0.406 e. The molecule has 0 saturated carbocycles. The molecule has 2 aromatic rings. The Balaban J connectivity index is 1.72. The van der Waals surface area contributed by atoms with E-state index >= 15 is 0 Å². The minimum atomic E-state index is -0.281. The van der Waals surface area contributed by atoms with E-state index in [1.807, 2.05) is 19.1 Å². The molecule has 2 heterocycles. The van der Waals surface area contributed by atoms with Gasteiger partial charge in [-0.15, -0.1) is 5.10 Å². The number of hydrogen-bond acceptors (Lipinski definition) is 5. The largest absolute Gasteiger partial charge is 0.406 e. The molecule has 110 valence electrons. The Bertz CT molecular complexity index is 665. The van der Waals surface area contributed by atoms with Crippen LogP contribution in [0.2, 0.25) is 0 Å². The van der Waals surface area contributed by atoms with Gasteiger partial charge in [0.2, 0.25) is 5.89 Å². The summed E-state index contributed by atoms with van der Waals surface area (Å²) in [6, 6.07) is 5.73. The van der Waals surface area contributed by atoms with Crippen molar-refractivity contribution in [2.45, 2.75) is 25.8 Å². The van der Waals surface area contributed by atoms with Gasteiger partial charge in [0.25, 0.3) is 5.91 Å². The number of hydrogen-bond donors (Lipinski definition) is 2. The van der Waals surface area contributed by atoms with Crippen LogP contribution in [0.25, 0.3) is 0 Å². The first-order chi connectivity index (χ1) is 10.1. The van der Waals surface area contributed by atoms with Crippen molar-refractivity contribution in [2.75, 3.05) is 11.9 Å². The zero-order valence-corrected chi connectivity index (χ0v) is 13.1. The molecule has 1 saturated heterocycles. The monoisotopic (exact) mass is 350 g/mol. The van der Waals surface area contributed by atoms with Gasteiger partial charge in [-0.1, -0.05) is 11.2 Å². The fraction of sp³-hybridized carbons (Fsp3) is 0.357. The Labute approximate surface area is 130 Å². The summed E-state index contributed by atoms with van der Waals surface area (Å²) in [5, 5.41) is 13.7. The Kier molecular flexibility index (Phi) is 4.03. The molecule has 3 rings (SSSR count). The van der Waals surface area contributed by atoms with E-state index in [1.165, 1.54) is 0 Å². The SMILES string of the molecule is Cc1ccc(C(=O)Nc2nnc(C3CCCN3)o2)c(Br)c1. The van der Waals surface area contributed by atoms with E-state index in [1.54, 1.807) is 6.07 Å². The summed E-state index contributed by atoms with van der Waals surface area (Å²) in [5.41, 5.74) is 1.60. The summed E-state index contributed by atoms with van der Waals surface area (Å²) >= 11 is 3.38. The van der Waals surface area contributed by atoms with Gasteiger partial charge in [-0.25, -0.2) is 0 Å². The highest BCUT2D eigenvalue weighted by molar-refractivity contribution is 9.10. The first-order valence-electron chi connectivity index (χ1n) is 6.78. The Hall–Kier alpha value is -1.73. The molecule has 1 aliphatic heterocycles. The van der Waals surface area contributed by atoms with Gasteiger partial charge in [0.05, 0.1) is 11.6 Å². The second-order valence-electron chi connectivity index (χ2n) is 5.03. The number of aryl methyl sites for hydroxylation is 1. The van der Waals surface area contributed by atoms with Crippen molar-refractivity contribution in [1.29, 1.82) is 0 Å². The molecule has 1 unspecified atom stereocenters. The number of anilines is 1. The predicted molar refractivity (Wildman–Crippen MR) is 81.1 cm³/mol. The minimum absolute atomic E-state index is 0.0919. The van der Waals surface area contributed by atoms with Crippen LogP contribution in [0.1, 0.15) is 40.7 Å². The number of benzene rings is 1. The van der Waals surface area contributed by atoms with E-state index in [9.17, 15) is 4.79 Å². The van der Waals surface area contributed by atoms with E-state index in [2.05, 4.69) is 36.8 Å². The van der Waals surface area contributed by atoms with Gasteiger partial charge in [0.1, 0.15) is 0 Å². The molecule has 0 spiro atoms. The number of nitrogens with zero attached hydrogens (tertiary/aromatic N) is 2. The van der Waals surface area contributed by atoms with E-state index < -0.39 is 0 Å². The fourth-order valence-corrected chi connectivity index (χ4v) is 2.96. The van der Waals surface area contributed by atoms with Crippen LogP contribution in [-0.2, 0) is 0 Å². The molecule has 1 aliphatic rings. The summed E-state index contributed by atoms with van der Waals surface area (Å²) in [4.78, 5) is 12.2. The molecular weight excluding hydrogens is 336 g/mol. The molecule has 0 bridgehead atoms. The van der Waals surface area contributed by atoms with E-state index in [0.29, 0.717) is 11.5 Å². The van der Waals surface area contributed by atoms with Crippen molar-refractivity contribution in [1.82, 2.24) is 15.5 Å². The summed E-state index contributed by atoms with van der Waals surface area (Å²) in [6.45, 7) is 2.91. The Morgan fingerprint density at radius 2 is 2.33 bits per heavy atom. The van der Waals surface area contributed by atoms with Crippen LogP contribution in [-0.4, -0.2) is 22.6 Å². The number of aromatic nitrogens is 2. The van der Waals surface area contributed by atoms with Gasteiger partial charge >= 0.3 is 6.01 Å². The maximum atomic E-state index is 12.2. The molecule has 1 fully saturated rings. The molecule has 7 heteroatoms. The molecule has 21 heavy (non-hydrogen) atoms. The van der Waals surface area contributed by atoms with Crippen molar-refractivity contribution in [3.05, 3.63) is 39.7 Å². The third kappa shape index (κ3) is 3.14. The van der Waals surface area contributed by atoms with Crippen LogP contribution in [0.4, 0.5) is 6.01 Å². The number of carbonyl (C=O) groups excluding carboxylic acids is 1. The van der Waals surface area contributed by atoms with Crippen LogP contribution >= 0.6 is 15.9 Å². The number of nitrogens with one attached hydrogen (secondary N) is 2. The van der Waals surface area contributed by atoms with Gasteiger partial charge < -0.3 is 9.73 Å². The molecule has 1 aromatic carbocycles. The molecule has 1 amide bonds. The molecule has 1 aromatic heterocycles. The number of carbonyl (C=O) groups is 1. The van der Waals surface area contributed by atoms with Crippen molar-refractivity contribution in [2.24, 2.45) is 0 Å². The maximum Gasteiger partial charge on any atom is 0.322 e. The average Bonchev–Trinajstić information content (AvgIpc) is 3.08. The topological polar surface area (TPSA) is 80.0 Å². The van der Waals surface area contributed by atoms with Crippen LogP contribution in [0, 0.1) is 6.92 Å². The predicted octanol–water partition coefficient (Wildman–Crippen LogP) is 2.82.